The van der Waals surface area contributed by atoms with Crippen molar-refractivity contribution in [1.82, 2.24) is 0 Å². The van der Waals surface area contributed by atoms with Crippen LogP contribution in [0.5, 0.6) is 0 Å². The molecule has 0 aromatic carbocycles. The molecule has 0 saturated heterocycles. The molecule has 0 fully saturated rings. The van der Waals surface area contributed by atoms with Crippen LogP contribution in [0.1, 0.15) is 67.7 Å². The summed E-state index contributed by atoms with van der Waals surface area (Å²) in [6.07, 6.45) is 7.85. The predicted molar refractivity (Wildman–Crippen MR) is 83.3 cm³/mol. The van der Waals surface area contributed by atoms with Crippen molar-refractivity contribution in [2.75, 3.05) is 0 Å². The smallest absolute Gasteiger partial charge is 0.161 e. The van der Waals surface area contributed by atoms with Crippen LogP contribution >= 0.6 is 0 Å². The Labute approximate surface area is 119 Å². The molecule has 0 rings (SSSR count). The van der Waals surface area contributed by atoms with Gasteiger partial charge in [-0.3, -0.25) is 0 Å². The Morgan fingerprint density at radius 2 is 1.42 bits per heavy atom. The van der Waals surface area contributed by atoms with Crippen molar-refractivity contribution >= 4 is 0 Å². The van der Waals surface area contributed by atoms with Crippen molar-refractivity contribution in [2.45, 2.75) is 86.2 Å². The maximum atomic E-state index is 5.78. The van der Waals surface area contributed by atoms with Gasteiger partial charge in [-0.2, -0.15) is 0 Å². The molecule has 0 bridgehead atoms. The van der Waals surface area contributed by atoms with E-state index in [1.165, 1.54) is 11.1 Å². The fraction of sp³-hybridized carbons (Fsp3) is 0.765. The van der Waals surface area contributed by atoms with E-state index in [-0.39, 0.29) is 18.5 Å². The molecule has 0 aromatic rings. The van der Waals surface area contributed by atoms with Crippen LogP contribution in [0.2, 0.25) is 0 Å². The Hall–Kier alpha value is -0.600. The van der Waals surface area contributed by atoms with Crippen LogP contribution < -0.4 is 0 Å². The average Bonchev–Trinajstić information content (AvgIpc) is 2.23. The zero-order chi connectivity index (χ0) is 14.8. The second kappa shape index (κ2) is 10.2. The number of hydrogen-bond donors (Lipinski definition) is 0. The van der Waals surface area contributed by atoms with Crippen LogP contribution in [-0.2, 0) is 9.47 Å². The highest BCUT2D eigenvalue weighted by Crippen LogP contribution is 2.13. The summed E-state index contributed by atoms with van der Waals surface area (Å²) in [5, 5.41) is 0. The summed E-state index contributed by atoms with van der Waals surface area (Å²) in [7, 11) is 0. The van der Waals surface area contributed by atoms with Crippen molar-refractivity contribution in [3.05, 3.63) is 23.3 Å². The fourth-order valence-corrected chi connectivity index (χ4v) is 1.74. The van der Waals surface area contributed by atoms with Crippen LogP contribution in [-0.4, -0.2) is 18.5 Å². The lowest BCUT2D eigenvalue weighted by molar-refractivity contribution is -0.178. The molecule has 0 spiro atoms. The Morgan fingerprint density at radius 1 is 0.895 bits per heavy atom. The van der Waals surface area contributed by atoms with Gasteiger partial charge in [-0.25, -0.2) is 0 Å². The summed E-state index contributed by atoms with van der Waals surface area (Å²) < 4.78 is 11.6. The third kappa shape index (κ3) is 12.2. The number of rotatable bonds is 9. The first-order chi connectivity index (χ1) is 8.81. The molecule has 0 aliphatic heterocycles. The Balaban J connectivity index is 4.22. The molecule has 0 aliphatic carbocycles. The lowest BCUT2D eigenvalue weighted by Crippen LogP contribution is -2.24. The molecule has 2 heteroatoms. The van der Waals surface area contributed by atoms with Crippen LogP contribution in [0.3, 0.4) is 0 Å². The average molecular weight is 268 g/mol. The molecule has 0 aromatic heterocycles. The van der Waals surface area contributed by atoms with Gasteiger partial charge in [0.2, 0.25) is 0 Å². The van der Waals surface area contributed by atoms with Crippen LogP contribution in [0.4, 0.5) is 0 Å². The van der Waals surface area contributed by atoms with E-state index in [0.717, 1.165) is 19.3 Å². The number of hydrogen-bond acceptors (Lipinski definition) is 2. The van der Waals surface area contributed by atoms with E-state index >= 15 is 0 Å². The molecule has 0 amide bonds. The second-order valence-corrected chi connectivity index (χ2v) is 5.91. The summed E-state index contributed by atoms with van der Waals surface area (Å²) in [5.74, 6) is 0. The third-order valence-electron chi connectivity index (χ3n) is 2.60. The van der Waals surface area contributed by atoms with E-state index in [9.17, 15) is 0 Å². The van der Waals surface area contributed by atoms with Crippen molar-refractivity contribution in [3.8, 4) is 0 Å². The molecule has 112 valence electrons. The first-order valence-corrected chi connectivity index (χ1v) is 7.41. The molecule has 0 atom stereocenters. The monoisotopic (exact) mass is 268 g/mol. The van der Waals surface area contributed by atoms with Gasteiger partial charge < -0.3 is 9.47 Å². The molecule has 0 saturated carbocycles. The van der Waals surface area contributed by atoms with Crippen molar-refractivity contribution in [1.29, 1.82) is 0 Å². The standard InChI is InChI=1S/C17H32O2/c1-13(2)9-8-10-16(7)11-12-17(18-14(3)4)19-15(5)6/h9,11,14-15,17H,8,10,12H2,1-7H3/b16-11-. The molecule has 0 N–H and O–H groups in total. The minimum absolute atomic E-state index is 0.126. The van der Waals surface area contributed by atoms with E-state index in [4.69, 9.17) is 9.47 Å². The normalized spacial score (nSPS) is 12.6. The van der Waals surface area contributed by atoms with Gasteiger partial charge in [0, 0.05) is 6.42 Å². The molecular formula is C17H32O2. The summed E-state index contributed by atoms with van der Waals surface area (Å²) in [6.45, 7) is 14.6. The van der Waals surface area contributed by atoms with Crippen molar-refractivity contribution < 1.29 is 9.47 Å². The van der Waals surface area contributed by atoms with Gasteiger partial charge in [0.05, 0.1) is 12.2 Å². The van der Waals surface area contributed by atoms with Gasteiger partial charge in [0.25, 0.3) is 0 Å². The highest BCUT2D eigenvalue weighted by atomic mass is 16.7. The van der Waals surface area contributed by atoms with Crippen molar-refractivity contribution in [2.24, 2.45) is 0 Å². The highest BCUT2D eigenvalue weighted by molar-refractivity contribution is 5.02. The molecule has 0 aliphatic rings. The summed E-state index contributed by atoms with van der Waals surface area (Å²) in [4.78, 5) is 0. The molecule has 0 unspecified atom stereocenters. The summed E-state index contributed by atoms with van der Waals surface area (Å²) in [6, 6.07) is 0. The van der Waals surface area contributed by atoms with E-state index in [1.807, 2.05) is 27.7 Å². The Kier molecular flexibility index (Phi) is 9.90. The first-order valence-electron chi connectivity index (χ1n) is 7.41. The van der Waals surface area contributed by atoms with Crippen LogP contribution in [0.15, 0.2) is 23.3 Å². The van der Waals surface area contributed by atoms with Gasteiger partial charge in [-0.15, -0.1) is 0 Å². The van der Waals surface area contributed by atoms with Gasteiger partial charge in [0.15, 0.2) is 6.29 Å². The van der Waals surface area contributed by atoms with Gasteiger partial charge >= 0.3 is 0 Å². The Morgan fingerprint density at radius 3 is 1.84 bits per heavy atom. The Bertz CT molecular complexity index is 274. The second-order valence-electron chi connectivity index (χ2n) is 5.91. The van der Waals surface area contributed by atoms with Gasteiger partial charge in [0.1, 0.15) is 0 Å². The molecule has 19 heavy (non-hydrogen) atoms. The number of ether oxygens (including phenoxy) is 2. The molecular weight excluding hydrogens is 236 g/mol. The zero-order valence-corrected chi connectivity index (χ0v) is 13.8. The molecule has 0 heterocycles. The lowest BCUT2D eigenvalue weighted by atomic mass is 10.1. The van der Waals surface area contributed by atoms with E-state index in [2.05, 4.69) is 32.9 Å². The quantitative estimate of drug-likeness (QED) is 0.420. The molecule has 2 nitrogen and oxygen atoms in total. The van der Waals surface area contributed by atoms with Gasteiger partial charge in [-0.05, 0) is 61.3 Å². The van der Waals surface area contributed by atoms with Gasteiger partial charge in [-0.1, -0.05) is 23.3 Å². The minimum Gasteiger partial charge on any atom is -0.350 e. The lowest BCUT2D eigenvalue weighted by Gasteiger charge is -2.22. The first kappa shape index (κ1) is 18.4. The predicted octanol–water partition coefficient (Wildman–Crippen LogP) is 5.25. The maximum absolute atomic E-state index is 5.78. The molecule has 0 radical (unpaired) electrons. The zero-order valence-electron chi connectivity index (χ0n) is 13.8. The summed E-state index contributed by atoms with van der Waals surface area (Å²) >= 11 is 0. The van der Waals surface area contributed by atoms with Crippen molar-refractivity contribution in [3.63, 3.8) is 0 Å². The number of allylic oxidation sites excluding steroid dienone is 3. The fourth-order valence-electron chi connectivity index (χ4n) is 1.74. The highest BCUT2D eigenvalue weighted by Gasteiger charge is 2.11. The maximum Gasteiger partial charge on any atom is 0.161 e. The summed E-state index contributed by atoms with van der Waals surface area (Å²) in [5.41, 5.74) is 2.79. The van der Waals surface area contributed by atoms with E-state index in [0.29, 0.717) is 0 Å². The minimum atomic E-state index is -0.126. The van der Waals surface area contributed by atoms with E-state index in [1.54, 1.807) is 0 Å². The SMILES string of the molecule is CC(C)=CCC/C(C)=C\CC(OC(C)C)OC(C)C. The van der Waals surface area contributed by atoms with E-state index < -0.39 is 0 Å². The van der Waals surface area contributed by atoms with Crippen LogP contribution in [0, 0.1) is 0 Å². The third-order valence-corrected chi connectivity index (χ3v) is 2.60. The largest absolute Gasteiger partial charge is 0.350 e. The van der Waals surface area contributed by atoms with Crippen LogP contribution in [0.25, 0.3) is 0 Å². The topological polar surface area (TPSA) is 18.5 Å².